The van der Waals surface area contributed by atoms with Gasteiger partial charge in [0.2, 0.25) is 0 Å². The topological polar surface area (TPSA) is 71.2 Å². The number of benzene rings is 1. The molecule has 2 aromatic rings. The van der Waals surface area contributed by atoms with Gasteiger partial charge in [-0.2, -0.15) is 0 Å². The Balaban J connectivity index is 1.46. The molecule has 0 spiro atoms. The van der Waals surface area contributed by atoms with Gasteiger partial charge in [0.25, 0.3) is 5.91 Å². The number of carbonyl (C=O) groups is 1. The second-order valence-electron chi connectivity index (χ2n) is 6.37. The quantitative estimate of drug-likeness (QED) is 0.848. The zero-order chi connectivity index (χ0) is 15.8. The van der Waals surface area contributed by atoms with Gasteiger partial charge in [0.05, 0.1) is 6.20 Å². The largest absolute Gasteiger partial charge is 0.399 e. The van der Waals surface area contributed by atoms with E-state index in [1.807, 2.05) is 24.3 Å². The summed E-state index contributed by atoms with van der Waals surface area (Å²) in [6.45, 7) is 3.35. The number of rotatable bonds is 3. The van der Waals surface area contributed by atoms with Crippen molar-refractivity contribution in [2.45, 2.75) is 18.9 Å². The fraction of sp³-hybridized carbons (Fsp3) is 0.412. The molecule has 3 saturated heterocycles. The van der Waals surface area contributed by atoms with Gasteiger partial charge >= 0.3 is 0 Å². The fourth-order valence-corrected chi connectivity index (χ4v) is 4.33. The van der Waals surface area contributed by atoms with E-state index >= 15 is 0 Å². The second kappa shape index (κ2) is 5.94. The van der Waals surface area contributed by atoms with E-state index in [-0.39, 0.29) is 11.9 Å². The Bertz CT molecular complexity index is 704. The molecule has 120 valence electrons. The first kappa shape index (κ1) is 14.7. The highest BCUT2D eigenvalue weighted by Crippen LogP contribution is 2.29. The maximum atomic E-state index is 12.5. The molecule has 3 aliphatic heterocycles. The number of anilines is 1. The zero-order valence-electron chi connectivity index (χ0n) is 12.9. The number of nitrogen functional groups attached to an aromatic ring is 1. The molecule has 0 saturated carbocycles. The normalized spacial score (nSPS) is 26.2. The summed E-state index contributed by atoms with van der Waals surface area (Å²) in [5, 5.41) is 4.06. The minimum absolute atomic E-state index is 0.00273. The van der Waals surface area contributed by atoms with Gasteiger partial charge in [0.15, 0.2) is 0 Å². The minimum Gasteiger partial charge on any atom is -0.399 e. The van der Waals surface area contributed by atoms with E-state index in [1.165, 1.54) is 37.3 Å². The number of aromatic nitrogens is 1. The van der Waals surface area contributed by atoms with Crippen LogP contribution in [0.25, 0.3) is 10.6 Å². The molecule has 0 unspecified atom stereocenters. The molecule has 5 rings (SSSR count). The third kappa shape index (κ3) is 2.96. The first-order chi connectivity index (χ1) is 11.2. The predicted octanol–water partition coefficient (Wildman–Crippen LogP) is 2.22. The Labute approximate surface area is 139 Å². The number of nitrogens with two attached hydrogens (primary N) is 1. The lowest BCUT2D eigenvalue weighted by Gasteiger charge is -2.44. The summed E-state index contributed by atoms with van der Waals surface area (Å²) in [5.74, 6) is 0.636. The summed E-state index contributed by atoms with van der Waals surface area (Å²) in [4.78, 5) is 20.0. The van der Waals surface area contributed by atoms with Gasteiger partial charge in [-0.3, -0.25) is 4.79 Å². The van der Waals surface area contributed by atoms with E-state index in [0.717, 1.165) is 22.8 Å². The highest BCUT2D eigenvalue weighted by molar-refractivity contribution is 7.16. The Hall–Kier alpha value is -1.92. The van der Waals surface area contributed by atoms with Crippen molar-refractivity contribution in [1.82, 2.24) is 15.2 Å². The van der Waals surface area contributed by atoms with Crippen LogP contribution in [0.1, 0.15) is 22.5 Å². The van der Waals surface area contributed by atoms with Crippen molar-refractivity contribution in [2.24, 2.45) is 5.92 Å². The number of amides is 1. The van der Waals surface area contributed by atoms with Crippen LogP contribution in [-0.4, -0.2) is 41.5 Å². The van der Waals surface area contributed by atoms with Crippen molar-refractivity contribution in [3.05, 3.63) is 35.3 Å². The van der Waals surface area contributed by atoms with Crippen LogP contribution in [-0.2, 0) is 0 Å². The van der Waals surface area contributed by atoms with Crippen molar-refractivity contribution in [2.75, 3.05) is 25.4 Å². The van der Waals surface area contributed by atoms with Crippen molar-refractivity contribution in [3.8, 4) is 10.6 Å². The highest BCUT2D eigenvalue weighted by atomic mass is 32.1. The number of nitrogens with zero attached hydrogens (tertiary/aromatic N) is 2. The van der Waals surface area contributed by atoms with Crippen LogP contribution in [0.15, 0.2) is 30.5 Å². The molecular formula is C17H20N4OS. The van der Waals surface area contributed by atoms with E-state index in [9.17, 15) is 4.79 Å². The summed E-state index contributed by atoms with van der Waals surface area (Å²) in [7, 11) is 0. The standard InChI is InChI=1S/C17H20N4OS/c18-13-3-1-12(2-4-13)17-19-9-15(23-17)16(22)20-14-10-21-7-5-11(14)6-8-21/h1-4,9,11,14H,5-8,10,18H2,(H,20,22)/t14-/m0/s1. The molecule has 6 heteroatoms. The molecule has 0 aliphatic carbocycles. The minimum atomic E-state index is 0.00273. The Morgan fingerprint density at radius 3 is 2.65 bits per heavy atom. The molecule has 4 heterocycles. The summed E-state index contributed by atoms with van der Waals surface area (Å²) in [5.41, 5.74) is 7.43. The number of hydrogen-bond donors (Lipinski definition) is 2. The Morgan fingerprint density at radius 2 is 2.00 bits per heavy atom. The van der Waals surface area contributed by atoms with E-state index in [1.54, 1.807) is 6.20 Å². The fourth-order valence-electron chi connectivity index (χ4n) is 3.51. The number of hydrogen-bond acceptors (Lipinski definition) is 5. The number of fused-ring (bicyclic) bond motifs is 3. The Kier molecular flexibility index (Phi) is 3.79. The van der Waals surface area contributed by atoms with Gasteiger partial charge in [-0.25, -0.2) is 4.98 Å². The van der Waals surface area contributed by atoms with Gasteiger partial charge in [0, 0.05) is 23.8 Å². The van der Waals surface area contributed by atoms with Crippen LogP contribution in [0.5, 0.6) is 0 Å². The predicted molar refractivity (Wildman–Crippen MR) is 92.4 cm³/mol. The SMILES string of the molecule is Nc1ccc(-c2ncc(C(=O)N[C@H]3CN4CCC3CC4)s2)cc1. The second-order valence-corrected chi connectivity index (χ2v) is 7.40. The van der Waals surface area contributed by atoms with Crippen LogP contribution in [0.4, 0.5) is 5.69 Å². The maximum Gasteiger partial charge on any atom is 0.263 e. The number of nitrogens with one attached hydrogen (secondary N) is 1. The van der Waals surface area contributed by atoms with Gasteiger partial charge in [-0.1, -0.05) is 0 Å². The molecule has 0 radical (unpaired) electrons. The van der Waals surface area contributed by atoms with Crippen LogP contribution in [0.3, 0.4) is 0 Å². The lowest BCUT2D eigenvalue weighted by molar-refractivity contribution is 0.0622. The van der Waals surface area contributed by atoms with E-state index in [4.69, 9.17) is 5.73 Å². The molecule has 23 heavy (non-hydrogen) atoms. The molecule has 1 aromatic carbocycles. The number of thiazole rings is 1. The lowest BCUT2D eigenvalue weighted by Crippen LogP contribution is -2.57. The summed E-state index contributed by atoms with van der Waals surface area (Å²) >= 11 is 1.43. The monoisotopic (exact) mass is 328 g/mol. The average molecular weight is 328 g/mol. The van der Waals surface area contributed by atoms with Crippen molar-refractivity contribution in [1.29, 1.82) is 0 Å². The Morgan fingerprint density at radius 1 is 1.26 bits per heavy atom. The average Bonchev–Trinajstić information content (AvgIpc) is 3.07. The molecule has 3 N–H and O–H groups in total. The van der Waals surface area contributed by atoms with Gasteiger partial charge < -0.3 is 16.0 Å². The molecule has 1 atom stereocenters. The van der Waals surface area contributed by atoms with Crippen LogP contribution in [0, 0.1) is 5.92 Å². The van der Waals surface area contributed by atoms with Gasteiger partial charge in [-0.15, -0.1) is 11.3 Å². The van der Waals surface area contributed by atoms with E-state index in [0.29, 0.717) is 10.8 Å². The molecule has 5 nitrogen and oxygen atoms in total. The van der Waals surface area contributed by atoms with Crippen LogP contribution < -0.4 is 11.1 Å². The molecule has 1 aromatic heterocycles. The number of piperidine rings is 3. The molecule has 2 bridgehead atoms. The molecule has 3 fully saturated rings. The summed E-state index contributed by atoms with van der Waals surface area (Å²) < 4.78 is 0. The van der Waals surface area contributed by atoms with Crippen LogP contribution >= 0.6 is 11.3 Å². The third-order valence-corrected chi connectivity index (χ3v) is 5.90. The first-order valence-electron chi connectivity index (χ1n) is 8.04. The first-order valence-corrected chi connectivity index (χ1v) is 8.85. The van der Waals surface area contributed by atoms with E-state index in [2.05, 4.69) is 15.2 Å². The molecule has 1 amide bonds. The summed E-state index contributed by atoms with van der Waals surface area (Å²) in [6.07, 6.45) is 4.07. The number of carbonyl (C=O) groups excluding carboxylic acids is 1. The zero-order valence-corrected chi connectivity index (χ0v) is 13.7. The van der Waals surface area contributed by atoms with Gasteiger partial charge in [0.1, 0.15) is 9.88 Å². The molecular weight excluding hydrogens is 308 g/mol. The van der Waals surface area contributed by atoms with Gasteiger partial charge in [-0.05, 0) is 56.1 Å². The lowest BCUT2D eigenvalue weighted by atomic mass is 9.84. The molecule has 3 aliphatic rings. The van der Waals surface area contributed by atoms with Crippen LogP contribution in [0.2, 0.25) is 0 Å². The van der Waals surface area contributed by atoms with E-state index < -0.39 is 0 Å². The van der Waals surface area contributed by atoms with Crippen molar-refractivity contribution < 1.29 is 4.79 Å². The maximum absolute atomic E-state index is 12.5. The summed E-state index contributed by atoms with van der Waals surface area (Å²) in [6, 6.07) is 7.85. The van der Waals surface area contributed by atoms with Crippen molar-refractivity contribution in [3.63, 3.8) is 0 Å². The van der Waals surface area contributed by atoms with Crippen molar-refractivity contribution >= 4 is 22.9 Å². The third-order valence-electron chi connectivity index (χ3n) is 4.86. The smallest absolute Gasteiger partial charge is 0.263 e. The highest BCUT2D eigenvalue weighted by Gasteiger charge is 2.35.